The molecule has 1 aliphatic rings. The largest absolute Gasteiger partial charge is 0.488 e. The van der Waals surface area contributed by atoms with Gasteiger partial charge in [0.1, 0.15) is 18.6 Å². The van der Waals surface area contributed by atoms with Gasteiger partial charge in [-0.25, -0.2) is 0 Å². The quantitative estimate of drug-likeness (QED) is 0.606. The third-order valence-corrected chi connectivity index (χ3v) is 1.92. The lowest BCUT2D eigenvalue weighted by molar-refractivity contribution is 0.112. The Morgan fingerprint density at radius 1 is 1.46 bits per heavy atom. The highest BCUT2D eigenvalue weighted by molar-refractivity contribution is 5.75. The molecule has 0 fully saturated rings. The summed E-state index contributed by atoms with van der Waals surface area (Å²) in [6.07, 6.45) is 2.56. The molecule has 0 spiro atoms. The molecule has 0 radical (unpaired) electrons. The molecule has 13 heavy (non-hydrogen) atoms. The van der Waals surface area contributed by atoms with Crippen molar-refractivity contribution >= 4 is 12.5 Å². The van der Waals surface area contributed by atoms with E-state index in [-0.39, 0.29) is 0 Å². The van der Waals surface area contributed by atoms with E-state index in [9.17, 15) is 4.79 Å². The Bertz CT molecular complexity index is 358. The van der Waals surface area contributed by atoms with Gasteiger partial charge >= 0.3 is 0 Å². The number of carbonyl (C=O) groups excluding carboxylic acids is 1. The summed E-state index contributed by atoms with van der Waals surface area (Å²) < 4.78 is 5.38. The molecule has 1 aromatic rings. The minimum absolute atomic E-state index is 0.507. The Kier molecular flexibility index (Phi) is 2.08. The summed E-state index contributed by atoms with van der Waals surface area (Å²) >= 11 is 0. The van der Waals surface area contributed by atoms with E-state index in [4.69, 9.17) is 4.74 Å². The number of rotatable bonds is 1. The number of carbonyl (C=O) groups is 1. The van der Waals surface area contributed by atoms with Gasteiger partial charge in [0.15, 0.2) is 0 Å². The molecule has 0 N–H and O–H groups in total. The molecule has 3 nitrogen and oxygen atoms in total. The summed E-state index contributed by atoms with van der Waals surface area (Å²) in [5.41, 5.74) is 1.64. The molecule has 1 aliphatic heterocycles. The second kappa shape index (κ2) is 3.39. The fourth-order valence-corrected chi connectivity index (χ4v) is 1.28. The van der Waals surface area contributed by atoms with E-state index in [0.29, 0.717) is 18.7 Å². The van der Waals surface area contributed by atoms with Crippen molar-refractivity contribution in [1.29, 1.82) is 0 Å². The molecule has 3 heteroatoms. The minimum atomic E-state index is 0.507. The maximum Gasteiger partial charge on any atom is 0.150 e. The lowest BCUT2D eigenvalue weighted by Gasteiger charge is -2.05. The van der Waals surface area contributed by atoms with Crippen LogP contribution in [0.15, 0.2) is 23.2 Å². The Balaban J connectivity index is 2.42. The van der Waals surface area contributed by atoms with E-state index >= 15 is 0 Å². The summed E-state index contributed by atoms with van der Waals surface area (Å²) in [5.74, 6) is 0.822. The van der Waals surface area contributed by atoms with Gasteiger partial charge in [0.2, 0.25) is 0 Å². The third-order valence-electron chi connectivity index (χ3n) is 1.92. The molecule has 0 saturated heterocycles. The van der Waals surface area contributed by atoms with Crippen LogP contribution in [0.4, 0.5) is 0 Å². The average molecular weight is 175 g/mol. The van der Waals surface area contributed by atoms with E-state index in [1.165, 1.54) is 0 Å². The number of ether oxygens (including phenoxy) is 1. The van der Waals surface area contributed by atoms with Crippen LogP contribution in [0.3, 0.4) is 0 Å². The molecule has 0 aliphatic carbocycles. The van der Waals surface area contributed by atoms with Crippen molar-refractivity contribution in [2.45, 2.75) is 6.54 Å². The molecule has 0 bridgehead atoms. The van der Waals surface area contributed by atoms with Crippen LogP contribution in [0.1, 0.15) is 15.9 Å². The third kappa shape index (κ3) is 1.59. The number of nitrogens with zero attached hydrogens (tertiary/aromatic N) is 1. The number of aldehydes is 1. The van der Waals surface area contributed by atoms with Crippen LogP contribution in [0.5, 0.6) is 5.75 Å². The van der Waals surface area contributed by atoms with Gasteiger partial charge in [0.25, 0.3) is 0 Å². The number of hydrogen-bond donors (Lipinski definition) is 0. The van der Waals surface area contributed by atoms with Crippen molar-refractivity contribution in [2.24, 2.45) is 4.99 Å². The van der Waals surface area contributed by atoms with Crippen molar-refractivity contribution in [3.63, 3.8) is 0 Å². The van der Waals surface area contributed by atoms with Crippen LogP contribution in [0, 0.1) is 0 Å². The predicted molar refractivity (Wildman–Crippen MR) is 49.5 cm³/mol. The number of hydrogen-bond acceptors (Lipinski definition) is 3. The van der Waals surface area contributed by atoms with Crippen molar-refractivity contribution in [3.8, 4) is 5.75 Å². The molecule has 0 aromatic heterocycles. The van der Waals surface area contributed by atoms with Gasteiger partial charge in [-0.3, -0.25) is 9.79 Å². The maximum atomic E-state index is 10.5. The van der Waals surface area contributed by atoms with Crippen LogP contribution in [-0.4, -0.2) is 19.1 Å². The molecular weight excluding hydrogens is 166 g/mol. The summed E-state index contributed by atoms with van der Waals surface area (Å²) in [6.45, 7) is 1.10. The number of aliphatic imine (C=N–C) groups is 1. The minimum Gasteiger partial charge on any atom is -0.488 e. The SMILES string of the molecule is O=Cc1ccc2c(c1)CN=CCO2. The molecule has 0 atom stereocenters. The summed E-state index contributed by atoms with van der Waals surface area (Å²) in [5, 5.41) is 0. The number of benzene rings is 1. The topological polar surface area (TPSA) is 38.7 Å². The molecule has 0 unspecified atom stereocenters. The van der Waals surface area contributed by atoms with E-state index in [1.54, 1.807) is 12.3 Å². The summed E-state index contributed by atoms with van der Waals surface area (Å²) in [7, 11) is 0. The van der Waals surface area contributed by atoms with Crippen LogP contribution in [0.2, 0.25) is 0 Å². The first kappa shape index (κ1) is 7.98. The van der Waals surface area contributed by atoms with Crippen LogP contribution >= 0.6 is 0 Å². The van der Waals surface area contributed by atoms with Crippen molar-refractivity contribution in [2.75, 3.05) is 6.61 Å². The smallest absolute Gasteiger partial charge is 0.150 e. The van der Waals surface area contributed by atoms with Crippen molar-refractivity contribution in [1.82, 2.24) is 0 Å². The Morgan fingerprint density at radius 2 is 2.38 bits per heavy atom. The molecule has 1 aromatic carbocycles. The molecule has 0 amide bonds. The molecule has 66 valence electrons. The number of fused-ring (bicyclic) bond motifs is 1. The zero-order valence-corrected chi connectivity index (χ0v) is 7.06. The van der Waals surface area contributed by atoms with Crippen LogP contribution in [-0.2, 0) is 6.54 Å². The van der Waals surface area contributed by atoms with Gasteiger partial charge in [0.05, 0.1) is 6.54 Å². The molecule has 1 heterocycles. The Morgan fingerprint density at radius 3 is 3.23 bits per heavy atom. The first-order valence-electron chi connectivity index (χ1n) is 4.09. The lowest BCUT2D eigenvalue weighted by atomic mass is 10.1. The summed E-state index contributed by atoms with van der Waals surface area (Å²) in [6, 6.07) is 5.37. The van der Waals surface area contributed by atoms with Gasteiger partial charge in [0, 0.05) is 17.3 Å². The zero-order valence-electron chi connectivity index (χ0n) is 7.06. The van der Waals surface area contributed by atoms with Gasteiger partial charge in [-0.1, -0.05) is 0 Å². The van der Waals surface area contributed by atoms with Crippen LogP contribution in [0.25, 0.3) is 0 Å². The van der Waals surface area contributed by atoms with Crippen LogP contribution < -0.4 is 4.74 Å². The van der Waals surface area contributed by atoms with Gasteiger partial charge in [-0.2, -0.15) is 0 Å². The van der Waals surface area contributed by atoms with E-state index < -0.39 is 0 Å². The highest BCUT2D eigenvalue weighted by Gasteiger charge is 2.06. The molecule has 0 saturated carbocycles. The van der Waals surface area contributed by atoms with Gasteiger partial charge in [-0.05, 0) is 18.2 Å². The monoisotopic (exact) mass is 175 g/mol. The normalized spacial score (nSPS) is 14.2. The highest BCUT2D eigenvalue weighted by atomic mass is 16.5. The van der Waals surface area contributed by atoms with Crippen molar-refractivity contribution in [3.05, 3.63) is 29.3 Å². The second-order valence-electron chi connectivity index (χ2n) is 2.82. The first-order chi connectivity index (χ1) is 6.40. The Labute approximate surface area is 76.1 Å². The fourth-order valence-electron chi connectivity index (χ4n) is 1.28. The fraction of sp³-hybridized carbons (Fsp3) is 0.200. The lowest BCUT2D eigenvalue weighted by Crippen LogP contribution is -1.97. The van der Waals surface area contributed by atoms with Gasteiger partial charge in [-0.15, -0.1) is 0 Å². The van der Waals surface area contributed by atoms with E-state index in [1.807, 2.05) is 12.1 Å². The molecule has 2 rings (SSSR count). The highest BCUT2D eigenvalue weighted by Crippen LogP contribution is 2.21. The zero-order chi connectivity index (χ0) is 9.10. The first-order valence-corrected chi connectivity index (χ1v) is 4.09. The molecular formula is C10H9NO2. The van der Waals surface area contributed by atoms with Gasteiger partial charge < -0.3 is 4.74 Å². The van der Waals surface area contributed by atoms with Crippen molar-refractivity contribution < 1.29 is 9.53 Å². The van der Waals surface area contributed by atoms with E-state index in [0.717, 1.165) is 17.6 Å². The standard InChI is InChI=1S/C10H9NO2/c12-7-8-1-2-10-9(5-8)6-11-3-4-13-10/h1-3,5,7H,4,6H2. The summed E-state index contributed by atoms with van der Waals surface area (Å²) in [4.78, 5) is 14.6. The predicted octanol–water partition coefficient (Wildman–Crippen LogP) is 1.46. The second-order valence-corrected chi connectivity index (χ2v) is 2.82. The van der Waals surface area contributed by atoms with E-state index in [2.05, 4.69) is 4.99 Å². The maximum absolute atomic E-state index is 10.5. The Hall–Kier alpha value is -1.64. The average Bonchev–Trinajstić information content (AvgIpc) is 2.41.